The highest BCUT2D eigenvalue weighted by Crippen LogP contribution is 2.27. The molecule has 0 saturated heterocycles. The van der Waals surface area contributed by atoms with Gasteiger partial charge in [-0.2, -0.15) is 0 Å². The molecule has 0 aromatic heterocycles. The van der Waals surface area contributed by atoms with Crippen molar-refractivity contribution in [2.75, 3.05) is 20.3 Å². The van der Waals surface area contributed by atoms with Crippen molar-refractivity contribution in [3.05, 3.63) is 24.3 Å². The van der Waals surface area contributed by atoms with Crippen molar-refractivity contribution < 1.29 is 13.9 Å². The number of ether oxygens (including phenoxy) is 1. The molecule has 114 valence electrons. The van der Waals surface area contributed by atoms with Gasteiger partial charge in [0.1, 0.15) is 6.61 Å². The summed E-state index contributed by atoms with van der Waals surface area (Å²) < 4.78 is 17.5. The van der Waals surface area contributed by atoms with Crippen molar-refractivity contribution in [2.24, 2.45) is 5.41 Å². The molecule has 0 aromatic rings. The van der Waals surface area contributed by atoms with Crippen molar-refractivity contribution in [2.45, 2.75) is 38.8 Å². The Labute approximate surface area is 120 Å². The van der Waals surface area contributed by atoms with Crippen LogP contribution in [0.25, 0.3) is 0 Å². The highest BCUT2D eigenvalue weighted by molar-refractivity contribution is 5.68. The summed E-state index contributed by atoms with van der Waals surface area (Å²) in [5.41, 5.74) is -0.798. The van der Waals surface area contributed by atoms with Crippen molar-refractivity contribution in [3.63, 3.8) is 0 Å². The van der Waals surface area contributed by atoms with Gasteiger partial charge < -0.3 is 10.1 Å². The number of alkyl halides is 1. The number of carbonyl (C=O) groups excluding carboxylic acids is 1. The van der Waals surface area contributed by atoms with E-state index < -0.39 is 18.4 Å². The van der Waals surface area contributed by atoms with E-state index in [2.05, 4.69) is 16.7 Å². The topological polar surface area (TPSA) is 50.4 Å². The fourth-order valence-electron chi connectivity index (χ4n) is 2.04. The minimum absolute atomic E-state index is 0.152. The number of carbonyl (C=O) groups is 1. The first-order chi connectivity index (χ1) is 9.43. The molecule has 20 heavy (non-hydrogen) atoms. The molecule has 1 amide bonds. The first-order valence-corrected chi connectivity index (χ1v) is 6.97. The lowest BCUT2D eigenvalue weighted by Gasteiger charge is -2.31. The lowest BCUT2D eigenvalue weighted by molar-refractivity contribution is 0.0968. The van der Waals surface area contributed by atoms with Crippen molar-refractivity contribution in [3.8, 4) is 0 Å². The van der Waals surface area contributed by atoms with E-state index in [1.807, 2.05) is 32.1 Å². The molecule has 1 aliphatic carbocycles. The third kappa shape index (κ3) is 5.33. The molecule has 2 unspecified atom stereocenters. The fourth-order valence-corrected chi connectivity index (χ4v) is 2.04. The maximum absolute atomic E-state index is 12.3. The van der Waals surface area contributed by atoms with Crippen LogP contribution < -0.4 is 10.6 Å². The molecule has 0 bridgehead atoms. The zero-order valence-corrected chi connectivity index (χ0v) is 12.5. The SMILES string of the molecule is CNC(C)(CCCF)NC(=O)OCC1(C)C=CC=CC1. The van der Waals surface area contributed by atoms with E-state index in [1.54, 1.807) is 7.05 Å². The molecule has 2 atom stereocenters. The van der Waals surface area contributed by atoms with E-state index >= 15 is 0 Å². The van der Waals surface area contributed by atoms with Crippen molar-refractivity contribution in [1.82, 2.24) is 10.6 Å². The standard InChI is InChI=1S/C15H25FN2O2/c1-14(8-5-4-6-9-14)12-20-13(19)18-15(2,17-3)10-7-11-16/h4-6,8,17H,7,9-12H2,1-3H3,(H,18,19). The summed E-state index contributed by atoms with van der Waals surface area (Å²) in [6, 6.07) is 0. The molecule has 0 fully saturated rings. The number of nitrogens with one attached hydrogen (secondary N) is 2. The number of alkyl carbamates (subject to hydrolysis) is 1. The monoisotopic (exact) mass is 284 g/mol. The molecular formula is C15H25FN2O2. The van der Waals surface area contributed by atoms with Gasteiger partial charge in [0, 0.05) is 5.41 Å². The molecule has 0 aliphatic heterocycles. The predicted octanol–water partition coefficient (Wildman–Crippen LogP) is 2.92. The largest absolute Gasteiger partial charge is 0.449 e. The van der Waals surface area contributed by atoms with Gasteiger partial charge in [0.15, 0.2) is 0 Å². The molecule has 2 N–H and O–H groups in total. The van der Waals surface area contributed by atoms with Crippen LogP contribution in [0.2, 0.25) is 0 Å². The van der Waals surface area contributed by atoms with Crippen LogP contribution in [0.5, 0.6) is 0 Å². The van der Waals surface area contributed by atoms with Crippen LogP contribution in [0.1, 0.15) is 33.1 Å². The van der Waals surface area contributed by atoms with Crippen LogP contribution in [-0.2, 0) is 4.74 Å². The molecule has 0 radical (unpaired) electrons. The van der Waals surface area contributed by atoms with E-state index in [1.165, 1.54) is 0 Å². The number of allylic oxidation sites excluding steroid dienone is 3. The second kappa shape index (κ2) is 7.43. The van der Waals surface area contributed by atoms with Gasteiger partial charge in [-0.05, 0) is 33.2 Å². The van der Waals surface area contributed by atoms with E-state index in [-0.39, 0.29) is 5.41 Å². The molecule has 5 heteroatoms. The minimum atomic E-state index is -0.646. The summed E-state index contributed by atoms with van der Waals surface area (Å²) in [4.78, 5) is 11.9. The molecule has 0 spiro atoms. The molecule has 0 aromatic carbocycles. The quantitative estimate of drug-likeness (QED) is 0.707. The van der Waals surface area contributed by atoms with Crippen molar-refractivity contribution >= 4 is 6.09 Å². The van der Waals surface area contributed by atoms with Gasteiger partial charge in [0.2, 0.25) is 0 Å². The third-order valence-corrected chi connectivity index (χ3v) is 3.60. The van der Waals surface area contributed by atoms with Crippen LogP contribution >= 0.6 is 0 Å². The van der Waals surface area contributed by atoms with Crippen LogP contribution in [0, 0.1) is 5.41 Å². The summed E-state index contributed by atoms with van der Waals surface area (Å²) in [5.74, 6) is 0. The third-order valence-electron chi connectivity index (χ3n) is 3.60. The van der Waals surface area contributed by atoms with Gasteiger partial charge in [-0.15, -0.1) is 0 Å². The van der Waals surface area contributed by atoms with E-state index in [0.29, 0.717) is 19.4 Å². The van der Waals surface area contributed by atoms with E-state index in [4.69, 9.17) is 4.74 Å². The Morgan fingerprint density at radius 2 is 2.25 bits per heavy atom. The maximum Gasteiger partial charge on any atom is 0.408 e. The second-order valence-corrected chi connectivity index (χ2v) is 5.72. The Hall–Kier alpha value is -1.36. The number of amides is 1. The maximum atomic E-state index is 12.3. The van der Waals surface area contributed by atoms with Crippen LogP contribution in [0.4, 0.5) is 9.18 Å². The summed E-state index contributed by atoms with van der Waals surface area (Å²) in [5, 5.41) is 5.74. The summed E-state index contributed by atoms with van der Waals surface area (Å²) >= 11 is 0. The molecule has 1 aliphatic rings. The Balaban J connectivity index is 2.42. The van der Waals surface area contributed by atoms with Crippen LogP contribution in [-0.4, -0.2) is 32.1 Å². The predicted molar refractivity (Wildman–Crippen MR) is 78.2 cm³/mol. The number of halogens is 1. The first kappa shape index (κ1) is 16.7. The van der Waals surface area contributed by atoms with Crippen LogP contribution in [0.15, 0.2) is 24.3 Å². The fraction of sp³-hybridized carbons (Fsp3) is 0.667. The molecule has 0 heterocycles. The highest BCUT2D eigenvalue weighted by Gasteiger charge is 2.27. The number of hydrogen-bond donors (Lipinski definition) is 2. The average molecular weight is 284 g/mol. The molecular weight excluding hydrogens is 259 g/mol. The van der Waals surface area contributed by atoms with E-state index in [9.17, 15) is 9.18 Å². The Bertz CT molecular complexity index is 384. The summed E-state index contributed by atoms with van der Waals surface area (Å²) in [6.07, 6.45) is 9.31. The first-order valence-electron chi connectivity index (χ1n) is 6.97. The highest BCUT2D eigenvalue weighted by atomic mass is 19.1. The van der Waals surface area contributed by atoms with Gasteiger partial charge in [0.05, 0.1) is 12.3 Å². The molecule has 1 rings (SSSR count). The van der Waals surface area contributed by atoms with E-state index in [0.717, 1.165) is 6.42 Å². The minimum Gasteiger partial charge on any atom is -0.449 e. The number of hydrogen-bond acceptors (Lipinski definition) is 3. The average Bonchev–Trinajstić information content (AvgIpc) is 2.44. The Kier molecular flexibility index (Phi) is 6.20. The van der Waals surface area contributed by atoms with Gasteiger partial charge in [-0.25, -0.2) is 4.79 Å². The normalized spacial score (nSPS) is 24.2. The smallest absolute Gasteiger partial charge is 0.408 e. The summed E-state index contributed by atoms with van der Waals surface area (Å²) in [7, 11) is 1.73. The van der Waals surface area contributed by atoms with Crippen LogP contribution in [0.3, 0.4) is 0 Å². The number of rotatable bonds is 7. The second-order valence-electron chi connectivity index (χ2n) is 5.72. The Morgan fingerprint density at radius 3 is 2.80 bits per heavy atom. The molecule has 0 saturated carbocycles. The van der Waals surface area contributed by atoms with Gasteiger partial charge in [-0.3, -0.25) is 9.71 Å². The van der Waals surface area contributed by atoms with Gasteiger partial charge in [-0.1, -0.05) is 31.2 Å². The Morgan fingerprint density at radius 1 is 1.50 bits per heavy atom. The zero-order valence-electron chi connectivity index (χ0n) is 12.5. The van der Waals surface area contributed by atoms with Crippen molar-refractivity contribution in [1.29, 1.82) is 0 Å². The zero-order chi connectivity index (χ0) is 15.1. The lowest BCUT2D eigenvalue weighted by Crippen LogP contribution is -2.55. The van der Waals surface area contributed by atoms with Gasteiger partial charge >= 0.3 is 6.09 Å². The summed E-state index contributed by atoms with van der Waals surface area (Å²) in [6.45, 7) is 3.78. The lowest BCUT2D eigenvalue weighted by atomic mass is 9.85. The van der Waals surface area contributed by atoms with Gasteiger partial charge in [0.25, 0.3) is 0 Å². The molecule has 4 nitrogen and oxygen atoms in total.